The minimum Gasteiger partial charge on any atom is -0.486 e. The lowest BCUT2D eigenvalue weighted by Gasteiger charge is -2.18. The van der Waals surface area contributed by atoms with Gasteiger partial charge in [-0.1, -0.05) is 30.3 Å². The van der Waals surface area contributed by atoms with Crippen molar-refractivity contribution in [1.82, 2.24) is 14.9 Å². The fourth-order valence-electron chi connectivity index (χ4n) is 2.99. The number of imidazole rings is 1. The topological polar surface area (TPSA) is 65.4 Å². The third-order valence-corrected chi connectivity index (χ3v) is 4.28. The van der Waals surface area contributed by atoms with Crippen LogP contribution in [0.5, 0.6) is 11.5 Å². The van der Waals surface area contributed by atoms with Crippen LogP contribution in [0.1, 0.15) is 18.5 Å². The predicted molar refractivity (Wildman–Crippen MR) is 93.7 cm³/mol. The molecule has 2 aromatic carbocycles. The number of amides is 1. The van der Waals surface area contributed by atoms with E-state index in [-0.39, 0.29) is 18.5 Å². The second-order valence-corrected chi connectivity index (χ2v) is 6.06. The van der Waals surface area contributed by atoms with Gasteiger partial charge in [-0.25, -0.2) is 4.98 Å². The van der Waals surface area contributed by atoms with Gasteiger partial charge >= 0.3 is 0 Å². The van der Waals surface area contributed by atoms with Crippen molar-refractivity contribution in [2.45, 2.75) is 19.5 Å². The number of carbonyl (C=O) groups excluding carboxylic acids is 1. The van der Waals surface area contributed by atoms with Crippen LogP contribution in [0.4, 0.5) is 0 Å². The first-order valence-electron chi connectivity index (χ1n) is 8.29. The third kappa shape index (κ3) is 3.15. The maximum atomic E-state index is 12.4. The van der Waals surface area contributed by atoms with Gasteiger partial charge < -0.3 is 19.4 Å². The van der Waals surface area contributed by atoms with Crippen LogP contribution in [-0.2, 0) is 11.3 Å². The number of nitrogens with one attached hydrogen (secondary N) is 1. The first-order chi connectivity index (χ1) is 12.2. The van der Waals surface area contributed by atoms with E-state index in [0.717, 1.165) is 16.6 Å². The Bertz CT molecular complexity index is 905. The number of hydrogen-bond donors (Lipinski definition) is 1. The molecule has 0 saturated heterocycles. The van der Waals surface area contributed by atoms with Crippen LogP contribution in [0.2, 0.25) is 0 Å². The molecule has 128 valence electrons. The van der Waals surface area contributed by atoms with Crippen LogP contribution in [0.15, 0.2) is 48.8 Å². The Labute approximate surface area is 145 Å². The van der Waals surface area contributed by atoms with Crippen molar-refractivity contribution in [3.05, 3.63) is 54.4 Å². The van der Waals surface area contributed by atoms with Crippen molar-refractivity contribution in [1.29, 1.82) is 0 Å². The van der Waals surface area contributed by atoms with Crippen molar-refractivity contribution in [3.63, 3.8) is 0 Å². The molecule has 25 heavy (non-hydrogen) atoms. The van der Waals surface area contributed by atoms with E-state index in [1.807, 2.05) is 54.0 Å². The van der Waals surface area contributed by atoms with E-state index in [4.69, 9.17) is 9.47 Å². The zero-order valence-electron chi connectivity index (χ0n) is 13.9. The van der Waals surface area contributed by atoms with Crippen LogP contribution >= 0.6 is 0 Å². The SMILES string of the molecule is C[C@@H](NC(=O)Cn1cnc2cc3c(cc21)OCCO3)c1ccccc1. The first-order valence-corrected chi connectivity index (χ1v) is 8.29. The Balaban J connectivity index is 1.51. The van der Waals surface area contributed by atoms with Gasteiger partial charge in [0.05, 0.1) is 23.4 Å². The molecule has 1 atom stereocenters. The lowest BCUT2D eigenvalue weighted by Crippen LogP contribution is -2.29. The molecule has 1 N–H and O–H groups in total. The summed E-state index contributed by atoms with van der Waals surface area (Å²) in [6.07, 6.45) is 1.67. The van der Waals surface area contributed by atoms with Gasteiger partial charge in [0, 0.05) is 12.1 Å². The quantitative estimate of drug-likeness (QED) is 0.795. The number of benzene rings is 2. The van der Waals surface area contributed by atoms with Gasteiger partial charge in [-0.05, 0) is 12.5 Å². The molecular formula is C19H19N3O3. The molecule has 0 aliphatic carbocycles. The van der Waals surface area contributed by atoms with Gasteiger partial charge in [0.25, 0.3) is 0 Å². The van der Waals surface area contributed by atoms with E-state index in [2.05, 4.69) is 10.3 Å². The van der Waals surface area contributed by atoms with Gasteiger partial charge in [0.2, 0.25) is 5.91 Å². The molecule has 0 unspecified atom stereocenters. The molecular weight excluding hydrogens is 318 g/mol. The number of ether oxygens (including phenoxy) is 2. The molecule has 0 spiro atoms. The Morgan fingerprint density at radius 1 is 1.20 bits per heavy atom. The lowest BCUT2D eigenvalue weighted by molar-refractivity contribution is -0.122. The number of nitrogens with zero attached hydrogens (tertiary/aromatic N) is 2. The minimum atomic E-state index is -0.0643. The Morgan fingerprint density at radius 3 is 2.68 bits per heavy atom. The highest BCUT2D eigenvalue weighted by atomic mass is 16.6. The fraction of sp³-hybridized carbons (Fsp3) is 0.263. The Morgan fingerprint density at radius 2 is 1.92 bits per heavy atom. The maximum absolute atomic E-state index is 12.4. The summed E-state index contributed by atoms with van der Waals surface area (Å²) in [6, 6.07) is 13.6. The van der Waals surface area contributed by atoms with Crippen LogP contribution in [0.3, 0.4) is 0 Å². The van der Waals surface area contributed by atoms with Gasteiger partial charge in [-0.15, -0.1) is 0 Å². The standard InChI is InChI=1S/C19H19N3O3/c1-13(14-5-3-2-4-6-14)21-19(23)11-22-12-20-15-9-17-18(10-16(15)22)25-8-7-24-17/h2-6,9-10,12-13H,7-8,11H2,1H3,(H,21,23)/t13-/m1/s1. The molecule has 1 aromatic heterocycles. The van der Waals surface area contributed by atoms with Gasteiger partial charge in [0.15, 0.2) is 11.5 Å². The monoisotopic (exact) mass is 337 g/mol. The average Bonchev–Trinajstić information content (AvgIpc) is 3.02. The van der Waals surface area contributed by atoms with Crippen molar-refractivity contribution < 1.29 is 14.3 Å². The normalized spacial score (nSPS) is 14.3. The number of rotatable bonds is 4. The number of aromatic nitrogens is 2. The molecule has 4 rings (SSSR count). The van der Waals surface area contributed by atoms with Crippen molar-refractivity contribution in [3.8, 4) is 11.5 Å². The molecule has 0 radical (unpaired) electrons. The highest BCUT2D eigenvalue weighted by Crippen LogP contribution is 2.34. The van der Waals surface area contributed by atoms with Crippen LogP contribution in [-0.4, -0.2) is 28.7 Å². The molecule has 2 heterocycles. The van der Waals surface area contributed by atoms with Crippen molar-refractivity contribution in [2.75, 3.05) is 13.2 Å². The Hall–Kier alpha value is -3.02. The van der Waals surface area contributed by atoms with E-state index >= 15 is 0 Å². The second kappa shape index (κ2) is 6.47. The Kier molecular flexibility index (Phi) is 4.01. The highest BCUT2D eigenvalue weighted by Gasteiger charge is 2.17. The van der Waals surface area contributed by atoms with Crippen molar-refractivity contribution in [2.24, 2.45) is 0 Å². The van der Waals surface area contributed by atoms with E-state index in [1.54, 1.807) is 6.33 Å². The summed E-state index contributed by atoms with van der Waals surface area (Å²) in [5, 5.41) is 3.02. The molecule has 1 aliphatic heterocycles. The average molecular weight is 337 g/mol. The van der Waals surface area contributed by atoms with Gasteiger partial charge in [0.1, 0.15) is 19.8 Å². The maximum Gasteiger partial charge on any atom is 0.240 e. The molecule has 3 aromatic rings. The third-order valence-electron chi connectivity index (χ3n) is 4.28. The summed E-state index contributed by atoms with van der Waals surface area (Å²) in [5.41, 5.74) is 2.71. The summed E-state index contributed by atoms with van der Waals surface area (Å²) < 4.78 is 13.0. The fourth-order valence-corrected chi connectivity index (χ4v) is 2.99. The predicted octanol–water partition coefficient (Wildman–Crippen LogP) is 2.68. The van der Waals surface area contributed by atoms with Crippen LogP contribution in [0, 0.1) is 0 Å². The summed E-state index contributed by atoms with van der Waals surface area (Å²) in [4.78, 5) is 16.8. The molecule has 0 bridgehead atoms. The zero-order chi connectivity index (χ0) is 17.2. The molecule has 0 saturated carbocycles. The molecule has 1 amide bonds. The molecule has 6 nitrogen and oxygen atoms in total. The van der Waals surface area contributed by atoms with E-state index in [1.165, 1.54) is 0 Å². The molecule has 0 fully saturated rings. The summed E-state index contributed by atoms with van der Waals surface area (Å²) in [6.45, 7) is 3.24. The number of carbonyl (C=O) groups is 1. The van der Waals surface area contributed by atoms with Gasteiger partial charge in [-0.3, -0.25) is 4.79 Å². The van der Waals surface area contributed by atoms with Crippen LogP contribution in [0.25, 0.3) is 11.0 Å². The second-order valence-electron chi connectivity index (χ2n) is 6.06. The highest BCUT2D eigenvalue weighted by molar-refractivity contribution is 5.83. The summed E-state index contributed by atoms with van der Waals surface area (Å²) in [5.74, 6) is 1.33. The van der Waals surface area contributed by atoms with Crippen LogP contribution < -0.4 is 14.8 Å². The molecule has 1 aliphatic rings. The number of hydrogen-bond acceptors (Lipinski definition) is 4. The molecule has 6 heteroatoms. The van der Waals surface area contributed by atoms with Crippen molar-refractivity contribution >= 4 is 16.9 Å². The summed E-state index contributed by atoms with van der Waals surface area (Å²) >= 11 is 0. The van der Waals surface area contributed by atoms with E-state index in [0.29, 0.717) is 24.7 Å². The number of fused-ring (bicyclic) bond motifs is 2. The zero-order valence-corrected chi connectivity index (χ0v) is 13.9. The van der Waals surface area contributed by atoms with Gasteiger partial charge in [-0.2, -0.15) is 0 Å². The minimum absolute atomic E-state index is 0.0482. The largest absolute Gasteiger partial charge is 0.486 e. The van der Waals surface area contributed by atoms with E-state index in [9.17, 15) is 4.79 Å². The lowest BCUT2D eigenvalue weighted by atomic mass is 10.1. The first kappa shape index (κ1) is 15.5. The summed E-state index contributed by atoms with van der Waals surface area (Å²) in [7, 11) is 0. The smallest absolute Gasteiger partial charge is 0.240 e. The van der Waals surface area contributed by atoms with E-state index < -0.39 is 0 Å².